The number of nitrogens with one attached hydrogen (secondary N) is 2. The van der Waals surface area contributed by atoms with Gasteiger partial charge in [-0.2, -0.15) is 11.8 Å². The summed E-state index contributed by atoms with van der Waals surface area (Å²) in [5, 5.41) is 3.29. The maximum absolute atomic E-state index is 12.2. The topological polar surface area (TPSA) is 58.2 Å². The molecular weight excluding hydrogens is 312 g/mol. The lowest BCUT2D eigenvalue weighted by Gasteiger charge is -2.12. The summed E-state index contributed by atoms with van der Waals surface area (Å²) in [7, 11) is -3.35. The highest BCUT2D eigenvalue weighted by Crippen LogP contribution is 2.46. The summed E-state index contributed by atoms with van der Waals surface area (Å²) in [5.41, 5.74) is 0. The van der Waals surface area contributed by atoms with Gasteiger partial charge in [0.15, 0.2) is 0 Å². The zero-order valence-electron chi connectivity index (χ0n) is 12.1. The van der Waals surface area contributed by atoms with Gasteiger partial charge >= 0.3 is 0 Å². The van der Waals surface area contributed by atoms with E-state index < -0.39 is 10.0 Å². The summed E-state index contributed by atoms with van der Waals surface area (Å²) >= 11 is 3.10. The fourth-order valence-electron chi connectivity index (χ4n) is 1.79. The lowest BCUT2D eigenvalue weighted by molar-refractivity contribution is 0.582. The maximum Gasteiger partial charge on any atom is 0.250 e. The van der Waals surface area contributed by atoms with Crippen molar-refractivity contribution in [2.24, 2.45) is 0 Å². The van der Waals surface area contributed by atoms with Crippen LogP contribution in [0, 0.1) is 0 Å². The van der Waals surface area contributed by atoms with Crippen molar-refractivity contribution in [2.75, 3.05) is 12.8 Å². The standard InChI is InChI=1S/C13H22N2O2S3/c1-10(2)14-8-11-4-5-12(19-11)20(16,17)15-9-13(18-3)6-7-13/h4-5,10,14-15H,6-9H2,1-3H3. The van der Waals surface area contributed by atoms with Crippen LogP contribution in [0.25, 0.3) is 0 Å². The summed E-state index contributed by atoms with van der Waals surface area (Å²) in [6.45, 7) is 5.40. The van der Waals surface area contributed by atoms with E-state index in [0.717, 1.165) is 17.7 Å². The van der Waals surface area contributed by atoms with Gasteiger partial charge in [0.05, 0.1) is 0 Å². The van der Waals surface area contributed by atoms with Crippen molar-refractivity contribution in [1.29, 1.82) is 0 Å². The van der Waals surface area contributed by atoms with Crippen LogP contribution in [0.4, 0.5) is 0 Å². The smallest absolute Gasteiger partial charge is 0.250 e. The number of thioether (sulfide) groups is 1. The minimum absolute atomic E-state index is 0.145. The Morgan fingerprint density at radius 2 is 2.10 bits per heavy atom. The van der Waals surface area contributed by atoms with Crippen molar-refractivity contribution in [3.63, 3.8) is 0 Å². The largest absolute Gasteiger partial charge is 0.310 e. The number of sulfonamides is 1. The third kappa shape index (κ3) is 4.21. The number of thiophene rings is 1. The van der Waals surface area contributed by atoms with Crippen LogP contribution in [-0.2, 0) is 16.6 Å². The summed E-state index contributed by atoms with van der Waals surface area (Å²) in [4.78, 5) is 1.05. The van der Waals surface area contributed by atoms with Crippen LogP contribution < -0.4 is 10.0 Å². The van der Waals surface area contributed by atoms with Gasteiger partial charge in [0.2, 0.25) is 10.0 Å². The van der Waals surface area contributed by atoms with Gasteiger partial charge in [-0.1, -0.05) is 13.8 Å². The second-order valence-electron chi connectivity index (χ2n) is 5.47. The third-order valence-electron chi connectivity index (χ3n) is 3.41. The highest BCUT2D eigenvalue weighted by molar-refractivity contribution is 8.00. The first kappa shape index (κ1) is 16.3. The van der Waals surface area contributed by atoms with Crippen molar-refractivity contribution in [1.82, 2.24) is 10.0 Å². The van der Waals surface area contributed by atoms with Crippen LogP contribution in [0.1, 0.15) is 31.6 Å². The molecule has 1 aliphatic carbocycles. The van der Waals surface area contributed by atoms with E-state index in [2.05, 4.69) is 23.9 Å². The fourth-order valence-corrected chi connectivity index (χ4v) is 5.09. The second kappa shape index (κ2) is 6.36. The van der Waals surface area contributed by atoms with Crippen molar-refractivity contribution in [2.45, 2.75) is 48.2 Å². The normalized spacial score (nSPS) is 17.6. The fraction of sp³-hybridized carbons (Fsp3) is 0.692. The van der Waals surface area contributed by atoms with Crippen molar-refractivity contribution < 1.29 is 8.42 Å². The highest BCUT2D eigenvalue weighted by atomic mass is 32.2. The molecule has 4 nitrogen and oxygen atoms in total. The molecule has 1 aromatic heterocycles. The van der Waals surface area contributed by atoms with Crippen LogP contribution in [0.2, 0.25) is 0 Å². The lowest BCUT2D eigenvalue weighted by atomic mass is 10.4. The molecule has 2 rings (SSSR count). The number of rotatable bonds is 8. The molecule has 7 heteroatoms. The predicted molar refractivity (Wildman–Crippen MR) is 87.0 cm³/mol. The van der Waals surface area contributed by atoms with Gasteiger partial charge in [-0.15, -0.1) is 11.3 Å². The molecule has 0 spiro atoms. The van der Waals surface area contributed by atoms with Gasteiger partial charge in [-0.3, -0.25) is 0 Å². The minimum Gasteiger partial charge on any atom is -0.310 e. The van der Waals surface area contributed by atoms with Crippen LogP contribution >= 0.6 is 23.1 Å². The van der Waals surface area contributed by atoms with Gasteiger partial charge < -0.3 is 5.32 Å². The first-order chi connectivity index (χ1) is 9.37. The van der Waals surface area contributed by atoms with E-state index in [1.807, 2.05) is 12.3 Å². The maximum atomic E-state index is 12.2. The molecule has 1 aromatic rings. The Hall–Kier alpha value is -0.0800. The number of hydrogen-bond acceptors (Lipinski definition) is 5. The van der Waals surface area contributed by atoms with E-state index in [9.17, 15) is 8.42 Å². The zero-order chi connectivity index (χ0) is 14.8. The second-order valence-corrected chi connectivity index (χ2v) is 9.90. The SMILES string of the molecule is CSC1(CNS(=O)(=O)c2ccc(CNC(C)C)s2)CC1. The molecule has 0 aromatic carbocycles. The molecule has 1 fully saturated rings. The summed E-state index contributed by atoms with van der Waals surface area (Å²) in [5.74, 6) is 0. The molecule has 0 amide bonds. The van der Waals surface area contributed by atoms with E-state index in [4.69, 9.17) is 0 Å². The van der Waals surface area contributed by atoms with Crippen LogP contribution in [0.15, 0.2) is 16.3 Å². The lowest BCUT2D eigenvalue weighted by Crippen LogP contribution is -2.31. The van der Waals surface area contributed by atoms with E-state index >= 15 is 0 Å². The molecule has 0 radical (unpaired) electrons. The Balaban J connectivity index is 1.95. The molecule has 0 bridgehead atoms. The van der Waals surface area contributed by atoms with E-state index in [1.165, 1.54) is 11.3 Å². The average molecular weight is 335 g/mol. The first-order valence-corrected chi connectivity index (χ1v) is 10.3. The Morgan fingerprint density at radius 3 is 2.65 bits per heavy atom. The molecule has 1 heterocycles. The molecule has 20 heavy (non-hydrogen) atoms. The van der Waals surface area contributed by atoms with Crippen LogP contribution in [0.5, 0.6) is 0 Å². The molecule has 0 saturated heterocycles. The Morgan fingerprint density at radius 1 is 1.40 bits per heavy atom. The van der Waals surface area contributed by atoms with Crippen molar-refractivity contribution in [3.8, 4) is 0 Å². The van der Waals surface area contributed by atoms with Crippen molar-refractivity contribution >= 4 is 33.1 Å². The molecule has 0 unspecified atom stereocenters. The summed E-state index contributed by atoms with van der Waals surface area (Å²) < 4.78 is 27.8. The van der Waals surface area contributed by atoms with E-state index in [0.29, 0.717) is 23.3 Å². The third-order valence-corrected chi connectivity index (χ3v) is 7.81. The molecule has 2 N–H and O–H groups in total. The van der Waals surface area contributed by atoms with Crippen molar-refractivity contribution in [3.05, 3.63) is 17.0 Å². The van der Waals surface area contributed by atoms with Gasteiger partial charge in [-0.05, 0) is 31.2 Å². The molecule has 1 aliphatic rings. The van der Waals surface area contributed by atoms with Gasteiger partial charge in [0, 0.05) is 28.8 Å². The number of hydrogen-bond donors (Lipinski definition) is 2. The van der Waals surface area contributed by atoms with Gasteiger partial charge in [-0.25, -0.2) is 13.1 Å². The molecule has 0 aliphatic heterocycles. The summed E-state index contributed by atoms with van der Waals surface area (Å²) in [6, 6.07) is 3.98. The van der Waals surface area contributed by atoms with Crippen LogP contribution in [-0.4, -0.2) is 32.0 Å². The molecule has 0 atom stereocenters. The van der Waals surface area contributed by atoms with Gasteiger partial charge in [0.1, 0.15) is 4.21 Å². The average Bonchev–Trinajstić information content (AvgIpc) is 3.02. The minimum atomic E-state index is -3.35. The summed E-state index contributed by atoms with van der Waals surface area (Å²) in [6.07, 6.45) is 4.25. The highest BCUT2D eigenvalue weighted by Gasteiger charge is 2.42. The van der Waals surface area contributed by atoms with E-state index in [-0.39, 0.29) is 4.75 Å². The first-order valence-electron chi connectivity index (χ1n) is 6.74. The predicted octanol–water partition coefficient (Wildman–Crippen LogP) is 2.42. The molecule has 114 valence electrons. The Labute approximate surface area is 129 Å². The Kier molecular flexibility index (Phi) is 5.18. The monoisotopic (exact) mass is 334 g/mol. The Bertz CT molecular complexity index is 548. The van der Waals surface area contributed by atoms with E-state index in [1.54, 1.807) is 17.8 Å². The molecule has 1 saturated carbocycles. The quantitative estimate of drug-likeness (QED) is 0.766. The van der Waals surface area contributed by atoms with Gasteiger partial charge in [0.25, 0.3) is 0 Å². The molecular formula is C13H22N2O2S3. The zero-order valence-corrected chi connectivity index (χ0v) is 14.6. The van der Waals surface area contributed by atoms with Crippen LogP contribution in [0.3, 0.4) is 0 Å².